The standard InChI is InChI=1S/C15H26.3C2H6.4CH3.Zr/c1-2-6-12(5-1)11-14-10-9-13-7-3-4-8-15(13)14;3*1-2;;;;;/h12-15H,1-11H2;3*1-2H3;4*1H3;/q;;;;4*-1;+4. The molecule has 0 N–H and O–H groups in total. The average Bonchev–Trinajstić information content (AvgIpc) is 3.24. The topological polar surface area (TPSA) is 0 Å². The van der Waals surface area contributed by atoms with Crippen molar-refractivity contribution >= 4 is 0 Å². The van der Waals surface area contributed by atoms with Crippen molar-refractivity contribution in [2.75, 3.05) is 0 Å². The zero-order valence-electron chi connectivity index (χ0n) is 20.6. The quantitative estimate of drug-likeness (QED) is 0.369. The molecule has 0 aliphatic heterocycles. The van der Waals surface area contributed by atoms with Gasteiger partial charge in [-0.25, -0.2) is 0 Å². The second-order valence-corrected chi connectivity index (χ2v) is 6.43. The van der Waals surface area contributed by atoms with Crippen LogP contribution in [0.5, 0.6) is 0 Å². The van der Waals surface area contributed by atoms with Crippen LogP contribution in [0.15, 0.2) is 0 Å². The van der Waals surface area contributed by atoms with Gasteiger partial charge >= 0.3 is 26.2 Å². The first kappa shape index (κ1) is 41.3. The molecule has 0 nitrogen and oxygen atoms in total. The van der Waals surface area contributed by atoms with Gasteiger partial charge in [0.15, 0.2) is 0 Å². The van der Waals surface area contributed by atoms with E-state index in [0.717, 1.165) is 17.8 Å². The first-order valence-electron chi connectivity index (χ1n) is 10.4. The first-order chi connectivity index (χ1) is 10.4. The zero-order valence-corrected chi connectivity index (χ0v) is 23.0. The van der Waals surface area contributed by atoms with Crippen LogP contribution in [0.4, 0.5) is 0 Å². The largest absolute Gasteiger partial charge is 4.00 e. The monoisotopic (exact) mass is 446 g/mol. The number of hydrogen-bond acceptors (Lipinski definition) is 0. The maximum Gasteiger partial charge on any atom is 4.00 e. The van der Waals surface area contributed by atoms with Crippen LogP contribution in [0.25, 0.3) is 0 Å². The van der Waals surface area contributed by atoms with Gasteiger partial charge in [-0.3, -0.25) is 0 Å². The molecular weight excluding hydrogens is 391 g/mol. The Labute approximate surface area is 191 Å². The second-order valence-electron chi connectivity index (χ2n) is 6.43. The maximum atomic E-state index is 2.00. The van der Waals surface area contributed by atoms with Crippen molar-refractivity contribution in [3.8, 4) is 0 Å². The van der Waals surface area contributed by atoms with E-state index in [4.69, 9.17) is 0 Å². The molecule has 0 bridgehead atoms. The Kier molecular flexibility index (Phi) is 44.6. The summed E-state index contributed by atoms with van der Waals surface area (Å²) < 4.78 is 0. The summed E-state index contributed by atoms with van der Waals surface area (Å²) in [6.07, 6.45) is 17.2. The molecule has 3 unspecified atom stereocenters. The Morgan fingerprint density at radius 2 is 0.962 bits per heavy atom. The predicted octanol–water partition coefficient (Wildman–Crippen LogP) is 9.66. The van der Waals surface area contributed by atoms with E-state index < -0.39 is 0 Å². The van der Waals surface area contributed by atoms with Crippen molar-refractivity contribution in [1.82, 2.24) is 0 Å². The number of hydrogen-bond donors (Lipinski definition) is 0. The zero-order chi connectivity index (χ0) is 16.1. The summed E-state index contributed by atoms with van der Waals surface area (Å²) in [6, 6.07) is 0. The molecule has 3 aliphatic carbocycles. The van der Waals surface area contributed by atoms with Crippen molar-refractivity contribution in [2.24, 2.45) is 23.7 Å². The van der Waals surface area contributed by atoms with Gasteiger partial charge in [-0.1, -0.05) is 86.5 Å². The minimum atomic E-state index is 0. The van der Waals surface area contributed by atoms with Crippen LogP contribution in [0.1, 0.15) is 112 Å². The summed E-state index contributed by atoms with van der Waals surface area (Å²) in [6.45, 7) is 12.0. The van der Waals surface area contributed by atoms with Crippen molar-refractivity contribution < 1.29 is 26.2 Å². The van der Waals surface area contributed by atoms with E-state index >= 15 is 0 Å². The number of rotatable bonds is 2. The SMILES string of the molecule is C1CCC(CC2CCC3CCCCC32)C1.CC.CC.CC.[CH3-].[CH3-].[CH3-].[CH3-].[Zr+4]. The Morgan fingerprint density at radius 3 is 1.46 bits per heavy atom. The molecule has 1 heteroatoms. The van der Waals surface area contributed by atoms with Crippen LogP contribution in [0, 0.1) is 53.4 Å². The van der Waals surface area contributed by atoms with E-state index in [2.05, 4.69) is 0 Å². The molecule has 0 aromatic heterocycles. The van der Waals surface area contributed by atoms with Gasteiger partial charge in [0, 0.05) is 0 Å². The Morgan fingerprint density at radius 1 is 0.538 bits per heavy atom. The van der Waals surface area contributed by atoms with Crippen molar-refractivity contribution in [3.63, 3.8) is 0 Å². The molecule has 3 rings (SSSR count). The molecule has 26 heavy (non-hydrogen) atoms. The third-order valence-electron chi connectivity index (χ3n) is 5.59. The molecule has 0 aromatic carbocycles. The molecule has 0 spiro atoms. The smallest absolute Gasteiger partial charge is 0.358 e. The third-order valence-corrected chi connectivity index (χ3v) is 5.59. The van der Waals surface area contributed by atoms with Crippen LogP contribution < -0.4 is 0 Å². The first-order valence-corrected chi connectivity index (χ1v) is 10.4. The van der Waals surface area contributed by atoms with Crippen LogP contribution in [0.3, 0.4) is 0 Å². The van der Waals surface area contributed by atoms with E-state index in [1.165, 1.54) is 25.2 Å². The van der Waals surface area contributed by atoms with Crippen LogP contribution in [-0.2, 0) is 26.2 Å². The molecule has 3 atom stereocenters. The van der Waals surface area contributed by atoms with Crippen LogP contribution in [0.2, 0.25) is 0 Å². The van der Waals surface area contributed by atoms with Crippen molar-refractivity contribution in [1.29, 1.82) is 0 Å². The van der Waals surface area contributed by atoms with Crippen molar-refractivity contribution in [3.05, 3.63) is 29.7 Å². The van der Waals surface area contributed by atoms with Crippen LogP contribution in [-0.4, -0.2) is 0 Å². The van der Waals surface area contributed by atoms with Gasteiger partial charge in [0.2, 0.25) is 0 Å². The van der Waals surface area contributed by atoms with Gasteiger partial charge in [0.05, 0.1) is 0 Å². The van der Waals surface area contributed by atoms with Gasteiger partial charge in [-0.05, 0) is 49.4 Å². The summed E-state index contributed by atoms with van der Waals surface area (Å²) in [5.74, 6) is 4.61. The van der Waals surface area contributed by atoms with E-state index in [-0.39, 0.29) is 55.9 Å². The molecule has 0 radical (unpaired) electrons. The van der Waals surface area contributed by atoms with Gasteiger partial charge in [-0.2, -0.15) is 0 Å². The van der Waals surface area contributed by atoms with Gasteiger partial charge in [0.1, 0.15) is 0 Å². The molecule has 0 heterocycles. The predicted molar refractivity (Wildman–Crippen MR) is 124 cm³/mol. The normalized spacial score (nSPS) is 24.9. The van der Waals surface area contributed by atoms with E-state index in [9.17, 15) is 0 Å². The second kappa shape index (κ2) is 28.1. The summed E-state index contributed by atoms with van der Waals surface area (Å²) in [4.78, 5) is 0. The Bertz CT molecular complexity index is 208. The maximum absolute atomic E-state index is 2.00. The number of fused-ring (bicyclic) bond motifs is 1. The van der Waals surface area contributed by atoms with Crippen LogP contribution >= 0.6 is 0 Å². The van der Waals surface area contributed by atoms with Crippen molar-refractivity contribution in [2.45, 2.75) is 112 Å². The average molecular weight is 448 g/mol. The van der Waals surface area contributed by atoms with E-state index in [0.29, 0.717) is 0 Å². The van der Waals surface area contributed by atoms with Gasteiger partial charge in [-0.15, -0.1) is 0 Å². The fourth-order valence-corrected chi connectivity index (χ4v) is 4.82. The molecule has 3 fully saturated rings. The van der Waals surface area contributed by atoms with Gasteiger partial charge in [0.25, 0.3) is 0 Å². The molecule has 0 saturated heterocycles. The minimum absolute atomic E-state index is 0. The fraction of sp³-hybridized carbons (Fsp3) is 0.840. The molecule has 3 aliphatic rings. The minimum Gasteiger partial charge on any atom is -0.358 e. The van der Waals surface area contributed by atoms with E-state index in [1.807, 2.05) is 41.5 Å². The summed E-state index contributed by atoms with van der Waals surface area (Å²) in [5.41, 5.74) is 0. The van der Waals surface area contributed by atoms with E-state index in [1.54, 1.807) is 51.4 Å². The Hall–Kier alpha value is 0.883. The molecular formula is C25H56Zr. The summed E-state index contributed by atoms with van der Waals surface area (Å²) in [5, 5.41) is 0. The van der Waals surface area contributed by atoms with Gasteiger partial charge < -0.3 is 29.7 Å². The summed E-state index contributed by atoms with van der Waals surface area (Å²) >= 11 is 0. The molecule has 160 valence electrons. The fourth-order valence-electron chi connectivity index (χ4n) is 4.82. The molecule has 0 aromatic rings. The molecule has 3 saturated carbocycles. The molecule has 0 amide bonds. The Balaban J connectivity index is -0.0000000835. The summed E-state index contributed by atoms with van der Waals surface area (Å²) in [7, 11) is 0. The third kappa shape index (κ3) is 14.0.